The largest absolute Gasteiger partial charge is 0.472 e. The molecule has 0 atom stereocenters. The number of nitrogens with zero attached hydrogens (tertiary/aromatic N) is 1. The standard InChI is InChI=1S/C30H32ClN3O4/c1-18(2)27(35)32-16-19-6-12-25(31)23(14-19)28(36)33-21-9-13-26-24(15-21)29(37)34(17-38-26)22-10-7-20(8-11-22)30(3,4)5/h6-15,18H,16-17H2,1-5H3,(H,32,35)(H,33,36). The van der Waals surface area contributed by atoms with Crippen molar-refractivity contribution >= 4 is 40.7 Å². The fourth-order valence-corrected chi connectivity index (χ4v) is 4.22. The van der Waals surface area contributed by atoms with Gasteiger partial charge < -0.3 is 15.4 Å². The van der Waals surface area contributed by atoms with E-state index in [-0.39, 0.29) is 47.0 Å². The molecule has 3 aromatic carbocycles. The van der Waals surface area contributed by atoms with Gasteiger partial charge in [0, 0.05) is 23.8 Å². The Labute approximate surface area is 228 Å². The lowest BCUT2D eigenvalue weighted by atomic mass is 9.87. The second-order valence-corrected chi connectivity index (χ2v) is 11.1. The molecule has 1 aliphatic rings. The molecular weight excluding hydrogens is 502 g/mol. The summed E-state index contributed by atoms with van der Waals surface area (Å²) < 4.78 is 5.84. The molecule has 0 bridgehead atoms. The van der Waals surface area contributed by atoms with E-state index < -0.39 is 5.91 Å². The van der Waals surface area contributed by atoms with Crippen LogP contribution in [0.25, 0.3) is 0 Å². The number of carbonyl (C=O) groups is 3. The van der Waals surface area contributed by atoms with Gasteiger partial charge in [0.2, 0.25) is 5.91 Å². The molecule has 0 saturated carbocycles. The van der Waals surface area contributed by atoms with E-state index in [0.29, 0.717) is 17.0 Å². The zero-order valence-corrected chi connectivity index (χ0v) is 23.0. The lowest BCUT2D eigenvalue weighted by molar-refractivity contribution is -0.124. The van der Waals surface area contributed by atoms with Gasteiger partial charge in [-0.25, -0.2) is 0 Å². The van der Waals surface area contributed by atoms with Crippen LogP contribution in [0.1, 0.15) is 66.5 Å². The normalized spacial score (nSPS) is 13.1. The number of hydrogen-bond donors (Lipinski definition) is 2. The van der Waals surface area contributed by atoms with Gasteiger partial charge in [0.25, 0.3) is 11.8 Å². The molecule has 0 spiro atoms. The Morgan fingerprint density at radius 3 is 2.39 bits per heavy atom. The minimum absolute atomic E-state index is 0.00504. The van der Waals surface area contributed by atoms with Crippen molar-refractivity contribution in [2.75, 3.05) is 16.9 Å². The van der Waals surface area contributed by atoms with Gasteiger partial charge in [0.15, 0.2) is 6.73 Å². The summed E-state index contributed by atoms with van der Waals surface area (Å²) in [6, 6.07) is 17.8. The van der Waals surface area contributed by atoms with Gasteiger partial charge in [-0.15, -0.1) is 0 Å². The predicted molar refractivity (Wildman–Crippen MR) is 150 cm³/mol. The lowest BCUT2D eigenvalue weighted by Crippen LogP contribution is -2.38. The Kier molecular flexibility index (Phi) is 7.78. The summed E-state index contributed by atoms with van der Waals surface area (Å²) in [5.74, 6) is -0.403. The average Bonchev–Trinajstić information content (AvgIpc) is 2.88. The SMILES string of the molecule is CC(C)C(=O)NCc1ccc(Cl)c(C(=O)Nc2ccc3c(c2)C(=O)N(c2ccc(C(C)(C)C)cc2)CO3)c1. The van der Waals surface area contributed by atoms with Crippen LogP contribution in [0.15, 0.2) is 60.7 Å². The molecule has 0 saturated heterocycles. The van der Waals surface area contributed by atoms with Crippen molar-refractivity contribution in [3.8, 4) is 5.75 Å². The summed E-state index contributed by atoms with van der Waals surface area (Å²) in [6.07, 6.45) is 0. The Morgan fingerprint density at radius 2 is 1.74 bits per heavy atom. The summed E-state index contributed by atoms with van der Waals surface area (Å²) >= 11 is 6.31. The summed E-state index contributed by atoms with van der Waals surface area (Å²) in [6.45, 7) is 10.4. The van der Waals surface area contributed by atoms with Crippen molar-refractivity contribution in [3.63, 3.8) is 0 Å². The third kappa shape index (κ3) is 6.00. The van der Waals surface area contributed by atoms with Crippen molar-refractivity contribution < 1.29 is 19.1 Å². The molecule has 3 aromatic rings. The number of rotatable bonds is 6. The molecule has 198 valence electrons. The van der Waals surface area contributed by atoms with Crippen molar-refractivity contribution in [2.45, 2.75) is 46.6 Å². The number of benzene rings is 3. The highest BCUT2D eigenvalue weighted by Crippen LogP contribution is 2.32. The number of fused-ring (bicyclic) bond motifs is 1. The average molecular weight is 534 g/mol. The van der Waals surface area contributed by atoms with Gasteiger partial charge in [-0.2, -0.15) is 0 Å². The highest BCUT2D eigenvalue weighted by atomic mass is 35.5. The van der Waals surface area contributed by atoms with Crippen molar-refractivity contribution in [1.82, 2.24) is 5.32 Å². The van der Waals surface area contributed by atoms with Crippen LogP contribution >= 0.6 is 11.6 Å². The molecule has 4 rings (SSSR count). The monoisotopic (exact) mass is 533 g/mol. The highest BCUT2D eigenvalue weighted by Gasteiger charge is 2.28. The van der Waals surface area contributed by atoms with Crippen LogP contribution in [0.2, 0.25) is 5.02 Å². The summed E-state index contributed by atoms with van der Waals surface area (Å²) in [5, 5.41) is 5.93. The molecule has 3 amide bonds. The van der Waals surface area contributed by atoms with Crippen LogP contribution in [0.4, 0.5) is 11.4 Å². The van der Waals surface area contributed by atoms with Crippen LogP contribution in [-0.4, -0.2) is 24.5 Å². The highest BCUT2D eigenvalue weighted by molar-refractivity contribution is 6.34. The molecule has 8 heteroatoms. The first-order valence-electron chi connectivity index (χ1n) is 12.5. The van der Waals surface area contributed by atoms with Crippen molar-refractivity contribution in [2.24, 2.45) is 5.92 Å². The second kappa shape index (κ2) is 10.9. The van der Waals surface area contributed by atoms with Crippen LogP contribution in [-0.2, 0) is 16.8 Å². The topological polar surface area (TPSA) is 87.7 Å². The maximum atomic E-state index is 13.4. The van der Waals surface area contributed by atoms with E-state index in [1.54, 1.807) is 41.3 Å². The zero-order valence-electron chi connectivity index (χ0n) is 22.2. The molecule has 0 fully saturated rings. The van der Waals surface area contributed by atoms with E-state index in [4.69, 9.17) is 16.3 Å². The molecule has 0 radical (unpaired) electrons. The van der Waals surface area contributed by atoms with Crippen LogP contribution < -0.4 is 20.3 Å². The van der Waals surface area contributed by atoms with Gasteiger partial charge in [0.05, 0.1) is 16.1 Å². The maximum Gasteiger partial charge on any atom is 0.264 e. The number of nitrogens with one attached hydrogen (secondary N) is 2. The maximum absolute atomic E-state index is 13.4. The number of anilines is 2. The van der Waals surface area contributed by atoms with Gasteiger partial charge in [-0.05, 0) is 59.0 Å². The molecule has 38 heavy (non-hydrogen) atoms. The zero-order chi connectivity index (χ0) is 27.6. The summed E-state index contributed by atoms with van der Waals surface area (Å²) in [5.41, 5.74) is 3.71. The fraction of sp³-hybridized carbons (Fsp3) is 0.300. The van der Waals surface area contributed by atoms with Gasteiger partial charge in [-0.1, -0.05) is 64.4 Å². The Morgan fingerprint density at radius 1 is 1.03 bits per heavy atom. The minimum Gasteiger partial charge on any atom is -0.472 e. The number of ether oxygens (including phenoxy) is 1. The molecule has 1 heterocycles. The lowest BCUT2D eigenvalue weighted by Gasteiger charge is -2.29. The number of hydrogen-bond acceptors (Lipinski definition) is 4. The van der Waals surface area contributed by atoms with E-state index in [1.165, 1.54) is 5.56 Å². The fourth-order valence-electron chi connectivity index (χ4n) is 4.02. The summed E-state index contributed by atoms with van der Waals surface area (Å²) in [7, 11) is 0. The first-order valence-corrected chi connectivity index (χ1v) is 12.9. The van der Waals surface area contributed by atoms with Crippen LogP contribution in [0.3, 0.4) is 0 Å². The smallest absolute Gasteiger partial charge is 0.264 e. The first-order chi connectivity index (χ1) is 17.9. The van der Waals surface area contributed by atoms with E-state index >= 15 is 0 Å². The predicted octanol–water partition coefficient (Wildman–Crippen LogP) is 6.16. The Hall–Kier alpha value is -3.84. The second-order valence-electron chi connectivity index (χ2n) is 10.7. The molecule has 0 aliphatic carbocycles. The first kappa shape index (κ1) is 27.2. The van der Waals surface area contributed by atoms with E-state index in [9.17, 15) is 14.4 Å². The third-order valence-electron chi connectivity index (χ3n) is 6.37. The number of amides is 3. The Bertz CT molecular complexity index is 1380. The van der Waals surface area contributed by atoms with E-state index in [0.717, 1.165) is 11.3 Å². The van der Waals surface area contributed by atoms with Gasteiger partial charge in [-0.3, -0.25) is 19.3 Å². The number of halogens is 1. The van der Waals surface area contributed by atoms with Crippen LogP contribution in [0, 0.1) is 5.92 Å². The molecule has 0 unspecified atom stereocenters. The summed E-state index contributed by atoms with van der Waals surface area (Å²) in [4.78, 5) is 39.9. The van der Waals surface area contributed by atoms with Crippen molar-refractivity contribution in [1.29, 1.82) is 0 Å². The van der Waals surface area contributed by atoms with Gasteiger partial charge >= 0.3 is 0 Å². The minimum atomic E-state index is -0.425. The molecule has 2 N–H and O–H groups in total. The molecule has 1 aliphatic heterocycles. The molecular formula is C30H32ClN3O4. The van der Waals surface area contributed by atoms with Gasteiger partial charge in [0.1, 0.15) is 5.75 Å². The Balaban J connectivity index is 1.51. The third-order valence-corrected chi connectivity index (χ3v) is 6.70. The molecule has 0 aromatic heterocycles. The van der Waals surface area contributed by atoms with E-state index in [2.05, 4.69) is 31.4 Å². The van der Waals surface area contributed by atoms with E-state index in [1.807, 2.05) is 38.1 Å². The number of carbonyl (C=O) groups excluding carboxylic acids is 3. The quantitative estimate of drug-likeness (QED) is 0.397. The van der Waals surface area contributed by atoms with Crippen LogP contribution in [0.5, 0.6) is 5.75 Å². The van der Waals surface area contributed by atoms with Crippen molar-refractivity contribution in [3.05, 3.63) is 87.9 Å². The molecule has 7 nitrogen and oxygen atoms in total.